The molecule has 3 aromatic rings. The number of ether oxygens (including phenoxy) is 1. The van der Waals surface area contributed by atoms with Gasteiger partial charge in [-0.25, -0.2) is 0 Å². The summed E-state index contributed by atoms with van der Waals surface area (Å²) < 4.78 is 6.09. The number of rotatable bonds is 3. The lowest BCUT2D eigenvalue weighted by Crippen LogP contribution is -2.27. The molecule has 0 bridgehead atoms. The van der Waals surface area contributed by atoms with Crippen LogP contribution in [0.25, 0.3) is 21.9 Å². The molecule has 1 aliphatic heterocycles. The molecule has 0 aromatic heterocycles. The molecule has 0 aliphatic carbocycles. The van der Waals surface area contributed by atoms with E-state index in [0.717, 1.165) is 33.3 Å². The lowest BCUT2D eigenvalue weighted by Gasteiger charge is -2.23. The van der Waals surface area contributed by atoms with Gasteiger partial charge in [0, 0.05) is 5.56 Å². The number of fused-ring (bicyclic) bond motifs is 1. The van der Waals surface area contributed by atoms with Crippen molar-refractivity contribution in [3.63, 3.8) is 0 Å². The molecule has 4 rings (SSSR count). The van der Waals surface area contributed by atoms with Gasteiger partial charge in [0.15, 0.2) is 4.32 Å². The molecular weight excluding hydrogens is 410 g/mol. The molecule has 0 atom stereocenters. The number of carbonyl (C=O) groups excluding carboxylic acids is 1. The number of methoxy groups -OCH3 is 1. The number of anilines is 1. The second-order valence-corrected chi connectivity index (χ2v) is 10.1. The summed E-state index contributed by atoms with van der Waals surface area (Å²) in [5.41, 5.74) is 4.22. The first-order valence-corrected chi connectivity index (χ1v) is 10.9. The second kappa shape index (κ2) is 7.56. The first kappa shape index (κ1) is 20.6. The van der Waals surface area contributed by atoms with E-state index >= 15 is 0 Å². The SMILES string of the molecule is C=C1SC(=S)N(c2ccc3cc(-c4ccc(OC)c(C(C)(C)C)c4)ccc3c2)C1=O. The predicted octanol–water partition coefficient (Wildman–Crippen LogP) is 6.69. The number of amides is 1. The van der Waals surface area contributed by atoms with Gasteiger partial charge in [0.1, 0.15) is 5.75 Å². The molecule has 1 fully saturated rings. The maximum atomic E-state index is 12.4. The number of thiocarbonyl (C=S) groups is 1. The van der Waals surface area contributed by atoms with E-state index < -0.39 is 0 Å². The van der Waals surface area contributed by atoms with Crippen molar-refractivity contribution >= 4 is 50.7 Å². The molecule has 0 N–H and O–H groups in total. The third-order valence-electron chi connectivity index (χ3n) is 5.26. The number of nitrogens with zero attached hydrogens (tertiary/aromatic N) is 1. The van der Waals surface area contributed by atoms with Crippen molar-refractivity contribution in [3.8, 4) is 16.9 Å². The molecular formula is C25H23NO2S2. The van der Waals surface area contributed by atoms with Crippen LogP contribution in [-0.4, -0.2) is 17.3 Å². The Morgan fingerprint density at radius 3 is 2.23 bits per heavy atom. The summed E-state index contributed by atoms with van der Waals surface area (Å²) in [5, 5.41) is 2.16. The smallest absolute Gasteiger partial charge is 0.270 e. The number of thioether (sulfide) groups is 1. The Morgan fingerprint density at radius 1 is 0.967 bits per heavy atom. The molecule has 0 unspecified atom stereocenters. The highest BCUT2D eigenvalue weighted by Crippen LogP contribution is 2.37. The third-order valence-corrected chi connectivity index (χ3v) is 6.47. The van der Waals surface area contributed by atoms with Crippen LogP contribution in [0.5, 0.6) is 5.75 Å². The van der Waals surface area contributed by atoms with Crippen LogP contribution in [0, 0.1) is 0 Å². The summed E-state index contributed by atoms with van der Waals surface area (Å²) in [6.07, 6.45) is 0. The maximum absolute atomic E-state index is 12.4. The zero-order valence-corrected chi connectivity index (χ0v) is 19.1. The molecule has 1 saturated heterocycles. The summed E-state index contributed by atoms with van der Waals surface area (Å²) in [7, 11) is 1.71. The molecule has 3 nitrogen and oxygen atoms in total. The zero-order valence-electron chi connectivity index (χ0n) is 17.5. The van der Waals surface area contributed by atoms with E-state index in [1.165, 1.54) is 17.3 Å². The van der Waals surface area contributed by atoms with E-state index in [4.69, 9.17) is 17.0 Å². The van der Waals surface area contributed by atoms with Gasteiger partial charge in [-0.15, -0.1) is 0 Å². The Balaban J connectivity index is 1.74. The Morgan fingerprint density at radius 2 is 1.60 bits per heavy atom. The minimum atomic E-state index is -0.145. The van der Waals surface area contributed by atoms with Gasteiger partial charge >= 0.3 is 0 Å². The number of benzene rings is 3. The van der Waals surface area contributed by atoms with Gasteiger partial charge in [-0.05, 0) is 57.6 Å². The minimum Gasteiger partial charge on any atom is -0.496 e. The average molecular weight is 434 g/mol. The quantitative estimate of drug-likeness (QED) is 0.340. The maximum Gasteiger partial charge on any atom is 0.270 e. The van der Waals surface area contributed by atoms with Gasteiger partial charge in [0.2, 0.25) is 0 Å². The topological polar surface area (TPSA) is 29.5 Å². The van der Waals surface area contributed by atoms with Gasteiger partial charge in [0.05, 0.1) is 17.7 Å². The molecule has 0 radical (unpaired) electrons. The van der Waals surface area contributed by atoms with Crippen molar-refractivity contribution in [3.05, 3.63) is 71.6 Å². The summed E-state index contributed by atoms with van der Waals surface area (Å²) in [5.74, 6) is 0.760. The van der Waals surface area contributed by atoms with Crippen molar-refractivity contribution < 1.29 is 9.53 Å². The molecule has 5 heteroatoms. The number of hydrogen-bond acceptors (Lipinski definition) is 4. The summed E-state index contributed by atoms with van der Waals surface area (Å²) in [4.78, 5) is 14.4. The van der Waals surface area contributed by atoms with Gasteiger partial charge in [-0.3, -0.25) is 9.69 Å². The van der Waals surface area contributed by atoms with E-state index in [1.54, 1.807) is 12.0 Å². The third kappa shape index (κ3) is 3.64. The van der Waals surface area contributed by atoms with E-state index in [2.05, 4.69) is 57.7 Å². The summed E-state index contributed by atoms with van der Waals surface area (Å²) in [6.45, 7) is 10.3. The van der Waals surface area contributed by atoms with Crippen LogP contribution < -0.4 is 9.64 Å². The first-order chi connectivity index (χ1) is 14.2. The Kier molecular flexibility index (Phi) is 5.20. The summed E-state index contributed by atoms with van der Waals surface area (Å²) in [6, 6.07) is 18.7. The van der Waals surface area contributed by atoms with Crippen LogP contribution in [0.2, 0.25) is 0 Å². The predicted molar refractivity (Wildman–Crippen MR) is 131 cm³/mol. The van der Waals surface area contributed by atoms with Gasteiger partial charge in [0.25, 0.3) is 5.91 Å². The molecule has 3 aromatic carbocycles. The van der Waals surface area contributed by atoms with Crippen LogP contribution in [0.4, 0.5) is 5.69 Å². The van der Waals surface area contributed by atoms with E-state index in [-0.39, 0.29) is 11.3 Å². The molecule has 1 heterocycles. The number of carbonyl (C=O) groups is 1. The minimum absolute atomic E-state index is 0.0180. The first-order valence-electron chi connectivity index (χ1n) is 9.67. The zero-order chi connectivity index (χ0) is 21.6. The van der Waals surface area contributed by atoms with Crippen LogP contribution in [0.1, 0.15) is 26.3 Å². The van der Waals surface area contributed by atoms with E-state index in [0.29, 0.717) is 9.23 Å². The molecule has 152 valence electrons. The fourth-order valence-electron chi connectivity index (χ4n) is 3.65. The fraction of sp³-hybridized carbons (Fsp3) is 0.200. The highest BCUT2D eigenvalue weighted by atomic mass is 32.2. The average Bonchev–Trinajstić information content (AvgIpc) is 2.97. The molecule has 1 amide bonds. The highest BCUT2D eigenvalue weighted by Gasteiger charge is 2.31. The van der Waals surface area contributed by atoms with Crippen molar-refractivity contribution in [1.82, 2.24) is 0 Å². The Hall–Kier alpha value is -2.63. The highest BCUT2D eigenvalue weighted by molar-refractivity contribution is 8.27. The van der Waals surface area contributed by atoms with Crippen molar-refractivity contribution in [2.75, 3.05) is 12.0 Å². The molecule has 0 spiro atoms. The van der Waals surface area contributed by atoms with Gasteiger partial charge in [-0.2, -0.15) is 0 Å². The lowest BCUT2D eigenvalue weighted by molar-refractivity contribution is -0.113. The Labute approximate surface area is 186 Å². The standard InChI is InChI=1S/C25H23NO2S2/c1-15-23(27)26(24(29)30-15)20-10-8-17-12-16(6-7-18(17)13-20)19-9-11-22(28-5)21(14-19)25(2,3)4/h6-14H,1H2,2-5H3. The lowest BCUT2D eigenvalue weighted by atomic mass is 9.84. The van der Waals surface area contributed by atoms with Crippen molar-refractivity contribution in [1.29, 1.82) is 0 Å². The Bertz CT molecular complexity index is 1210. The van der Waals surface area contributed by atoms with Crippen LogP contribution in [0.3, 0.4) is 0 Å². The number of hydrogen-bond donors (Lipinski definition) is 0. The van der Waals surface area contributed by atoms with Crippen molar-refractivity contribution in [2.45, 2.75) is 26.2 Å². The van der Waals surface area contributed by atoms with E-state index in [9.17, 15) is 4.79 Å². The molecule has 30 heavy (non-hydrogen) atoms. The monoisotopic (exact) mass is 433 g/mol. The van der Waals surface area contributed by atoms with Crippen molar-refractivity contribution in [2.24, 2.45) is 0 Å². The fourth-order valence-corrected chi connectivity index (χ4v) is 4.81. The second-order valence-electron chi connectivity index (χ2n) is 8.34. The molecule has 0 saturated carbocycles. The summed E-state index contributed by atoms with van der Waals surface area (Å²) >= 11 is 6.59. The van der Waals surface area contributed by atoms with Gasteiger partial charge < -0.3 is 4.74 Å². The van der Waals surface area contributed by atoms with E-state index in [1.807, 2.05) is 24.3 Å². The normalized spacial score (nSPS) is 14.7. The van der Waals surface area contributed by atoms with Crippen LogP contribution >= 0.6 is 24.0 Å². The van der Waals surface area contributed by atoms with Gasteiger partial charge in [-0.1, -0.05) is 75.6 Å². The van der Waals surface area contributed by atoms with Crippen LogP contribution in [0.15, 0.2) is 66.1 Å². The largest absolute Gasteiger partial charge is 0.496 e. The van der Waals surface area contributed by atoms with Crippen LogP contribution in [-0.2, 0) is 10.2 Å². The molecule has 1 aliphatic rings.